The van der Waals surface area contributed by atoms with Crippen molar-refractivity contribution in [2.24, 2.45) is 5.73 Å². The van der Waals surface area contributed by atoms with Crippen molar-refractivity contribution in [1.29, 1.82) is 0 Å². The van der Waals surface area contributed by atoms with Crippen LogP contribution in [0.15, 0.2) is 0 Å². The highest BCUT2D eigenvalue weighted by atomic mass is 16.2. The number of nitrogens with two attached hydrogens (primary N) is 1. The standard InChI is InChI=1S/C12H23N3O2/c1-12(2,13)6-5-10(16)15-8-4-7-14(3)11(17)9-15/h4-9,13H2,1-3H3. The first kappa shape index (κ1) is 14.0. The molecule has 2 amide bonds. The van der Waals surface area contributed by atoms with Crippen molar-refractivity contribution in [2.75, 3.05) is 26.7 Å². The highest BCUT2D eigenvalue weighted by Crippen LogP contribution is 2.11. The minimum atomic E-state index is -0.331. The fraction of sp³-hybridized carbons (Fsp3) is 0.833. The smallest absolute Gasteiger partial charge is 0.241 e. The van der Waals surface area contributed by atoms with Crippen LogP contribution in [0.5, 0.6) is 0 Å². The van der Waals surface area contributed by atoms with Crippen molar-refractivity contribution in [3.63, 3.8) is 0 Å². The summed E-state index contributed by atoms with van der Waals surface area (Å²) < 4.78 is 0. The van der Waals surface area contributed by atoms with Crippen LogP contribution in [0.25, 0.3) is 0 Å². The van der Waals surface area contributed by atoms with Crippen LogP contribution in [-0.4, -0.2) is 53.8 Å². The topological polar surface area (TPSA) is 66.6 Å². The molecule has 0 saturated carbocycles. The SMILES string of the molecule is CN1CCCN(C(=O)CCC(C)(C)N)CC1=O. The summed E-state index contributed by atoms with van der Waals surface area (Å²) in [7, 11) is 1.78. The highest BCUT2D eigenvalue weighted by molar-refractivity contribution is 5.85. The molecule has 0 atom stereocenters. The molecular formula is C12H23N3O2. The minimum Gasteiger partial charge on any atom is -0.344 e. The number of hydrogen-bond acceptors (Lipinski definition) is 3. The van der Waals surface area contributed by atoms with Crippen LogP contribution in [0, 0.1) is 0 Å². The summed E-state index contributed by atoms with van der Waals surface area (Å²) in [5.74, 6) is 0.0510. The van der Waals surface area contributed by atoms with Crippen molar-refractivity contribution >= 4 is 11.8 Å². The minimum absolute atomic E-state index is 0.0165. The molecule has 0 spiro atoms. The van der Waals surface area contributed by atoms with Gasteiger partial charge in [-0.2, -0.15) is 0 Å². The van der Waals surface area contributed by atoms with Crippen LogP contribution in [0.4, 0.5) is 0 Å². The molecule has 0 aromatic heterocycles. The quantitative estimate of drug-likeness (QED) is 0.767. The van der Waals surface area contributed by atoms with E-state index in [2.05, 4.69) is 0 Å². The Morgan fingerprint density at radius 2 is 2.06 bits per heavy atom. The van der Waals surface area contributed by atoms with E-state index in [4.69, 9.17) is 5.73 Å². The predicted octanol–water partition coefficient (Wildman–Crippen LogP) is 0.195. The van der Waals surface area contributed by atoms with Gasteiger partial charge in [-0.05, 0) is 26.7 Å². The number of rotatable bonds is 3. The molecule has 0 radical (unpaired) electrons. The molecule has 1 aliphatic heterocycles. The normalized spacial score (nSPS) is 18.2. The molecule has 2 N–H and O–H groups in total. The molecule has 0 bridgehead atoms. The number of hydrogen-bond donors (Lipinski definition) is 1. The van der Waals surface area contributed by atoms with Gasteiger partial charge in [-0.3, -0.25) is 9.59 Å². The fourth-order valence-corrected chi connectivity index (χ4v) is 1.79. The number of likely N-dealkylation sites (N-methyl/N-ethyl adjacent to an activating group) is 1. The summed E-state index contributed by atoms with van der Waals surface area (Å²) in [6.45, 7) is 5.41. The first-order valence-electron chi connectivity index (χ1n) is 6.10. The molecule has 98 valence electrons. The number of nitrogens with zero attached hydrogens (tertiary/aromatic N) is 2. The molecule has 0 aliphatic carbocycles. The third-order valence-corrected chi connectivity index (χ3v) is 3.01. The Labute approximate surface area is 103 Å². The lowest BCUT2D eigenvalue weighted by atomic mass is 10.00. The van der Waals surface area contributed by atoms with E-state index in [-0.39, 0.29) is 23.9 Å². The van der Waals surface area contributed by atoms with Crippen LogP contribution in [-0.2, 0) is 9.59 Å². The van der Waals surface area contributed by atoms with Crippen LogP contribution < -0.4 is 5.73 Å². The fourth-order valence-electron chi connectivity index (χ4n) is 1.79. The largest absolute Gasteiger partial charge is 0.344 e. The second-order valence-corrected chi connectivity index (χ2v) is 5.47. The molecule has 0 aromatic rings. The Balaban J connectivity index is 2.49. The van der Waals surface area contributed by atoms with E-state index in [1.54, 1.807) is 16.8 Å². The van der Waals surface area contributed by atoms with Gasteiger partial charge in [0.2, 0.25) is 11.8 Å². The number of amides is 2. The van der Waals surface area contributed by atoms with Gasteiger partial charge in [0, 0.05) is 32.1 Å². The maximum absolute atomic E-state index is 11.9. The summed E-state index contributed by atoms with van der Waals surface area (Å²) >= 11 is 0. The molecule has 5 nitrogen and oxygen atoms in total. The van der Waals surface area contributed by atoms with Crippen molar-refractivity contribution in [1.82, 2.24) is 9.80 Å². The summed E-state index contributed by atoms with van der Waals surface area (Å²) in [6, 6.07) is 0. The lowest BCUT2D eigenvalue weighted by molar-refractivity contribution is -0.138. The average molecular weight is 241 g/mol. The van der Waals surface area contributed by atoms with E-state index < -0.39 is 0 Å². The maximum Gasteiger partial charge on any atom is 0.241 e. The van der Waals surface area contributed by atoms with Gasteiger partial charge < -0.3 is 15.5 Å². The zero-order chi connectivity index (χ0) is 13.1. The van der Waals surface area contributed by atoms with E-state index in [1.165, 1.54) is 0 Å². The molecule has 1 aliphatic rings. The van der Waals surface area contributed by atoms with E-state index in [0.717, 1.165) is 13.0 Å². The Kier molecular flexibility index (Phi) is 4.51. The lowest BCUT2D eigenvalue weighted by Crippen LogP contribution is -2.39. The van der Waals surface area contributed by atoms with E-state index in [1.807, 2.05) is 13.8 Å². The average Bonchev–Trinajstić information content (AvgIpc) is 2.37. The van der Waals surface area contributed by atoms with Gasteiger partial charge in [0.05, 0.1) is 6.54 Å². The summed E-state index contributed by atoms with van der Waals surface area (Å²) in [6.07, 6.45) is 1.91. The number of carbonyl (C=O) groups is 2. The first-order chi connectivity index (χ1) is 7.79. The van der Waals surface area contributed by atoms with Crippen LogP contribution in [0.2, 0.25) is 0 Å². The zero-order valence-electron chi connectivity index (χ0n) is 11.0. The number of carbonyl (C=O) groups excluding carboxylic acids is 2. The molecule has 0 aromatic carbocycles. The molecule has 1 fully saturated rings. The van der Waals surface area contributed by atoms with Crippen LogP contribution in [0.1, 0.15) is 33.1 Å². The molecule has 5 heteroatoms. The van der Waals surface area contributed by atoms with Gasteiger partial charge in [-0.1, -0.05) is 0 Å². The molecule has 1 heterocycles. The molecule has 0 unspecified atom stereocenters. The summed E-state index contributed by atoms with van der Waals surface area (Å²) in [4.78, 5) is 26.9. The Morgan fingerprint density at radius 1 is 1.41 bits per heavy atom. The summed E-state index contributed by atoms with van der Waals surface area (Å²) in [5.41, 5.74) is 5.52. The predicted molar refractivity (Wildman–Crippen MR) is 66.3 cm³/mol. The van der Waals surface area contributed by atoms with Crippen molar-refractivity contribution < 1.29 is 9.59 Å². The monoisotopic (exact) mass is 241 g/mol. The van der Waals surface area contributed by atoms with Gasteiger partial charge in [0.1, 0.15) is 0 Å². The molecule has 1 rings (SSSR count). The second kappa shape index (κ2) is 5.49. The second-order valence-electron chi connectivity index (χ2n) is 5.47. The Hall–Kier alpha value is -1.10. The maximum atomic E-state index is 11.9. The Morgan fingerprint density at radius 3 is 2.65 bits per heavy atom. The van der Waals surface area contributed by atoms with Gasteiger partial charge in [-0.15, -0.1) is 0 Å². The zero-order valence-corrected chi connectivity index (χ0v) is 11.0. The molecule has 17 heavy (non-hydrogen) atoms. The van der Waals surface area contributed by atoms with Gasteiger partial charge >= 0.3 is 0 Å². The van der Waals surface area contributed by atoms with Gasteiger partial charge in [0.25, 0.3) is 0 Å². The van der Waals surface area contributed by atoms with E-state index in [0.29, 0.717) is 19.4 Å². The van der Waals surface area contributed by atoms with Gasteiger partial charge in [0.15, 0.2) is 0 Å². The van der Waals surface area contributed by atoms with Crippen LogP contribution in [0.3, 0.4) is 0 Å². The van der Waals surface area contributed by atoms with E-state index >= 15 is 0 Å². The Bertz CT molecular complexity index is 297. The van der Waals surface area contributed by atoms with Crippen molar-refractivity contribution in [2.45, 2.75) is 38.6 Å². The lowest BCUT2D eigenvalue weighted by Gasteiger charge is -2.23. The molecule has 1 saturated heterocycles. The summed E-state index contributed by atoms with van der Waals surface area (Å²) in [5, 5.41) is 0. The van der Waals surface area contributed by atoms with E-state index in [9.17, 15) is 9.59 Å². The van der Waals surface area contributed by atoms with Gasteiger partial charge in [-0.25, -0.2) is 0 Å². The third-order valence-electron chi connectivity index (χ3n) is 3.01. The van der Waals surface area contributed by atoms with Crippen molar-refractivity contribution in [3.05, 3.63) is 0 Å². The molecular weight excluding hydrogens is 218 g/mol. The highest BCUT2D eigenvalue weighted by Gasteiger charge is 2.23. The first-order valence-corrected chi connectivity index (χ1v) is 6.10. The van der Waals surface area contributed by atoms with Crippen LogP contribution >= 0.6 is 0 Å². The van der Waals surface area contributed by atoms with Crippen molar-refractivity contribution in [3.8, 4) is 0 Å². The third kappa shape index (κ3) is 4.73.